The van der Waals surface area contributed by atoms with Gasteiger partial charge in [0.1, 0.15) is 24.1 Å². The predicted octanol–water partition coefficient (Wildman–Crippen LogP) is 4.57. The van der Waals surface area contributed by atoms with E-state index in [9.17, 15) is 14.3 Å². The van der Waals surface area contributed by atoms with Gasteiger partial charge in [0.25, 0.3) is 0 Å². The van der Waals surface area contributed by atoms with Crippen LogP contribution in [0.5, 0.6) is 0 Å². The lowest BCUT2D eigenvalue weighted by Crippen LogP contribution is -2.13. The third-order valence-corrected chi connectivity index (χ3v) is 4.24. The largest absolute Gasteiger partial charge is 0.504 e. The van der Waals surface area contributed by atoms with Gasteiger partial charge < -0.3 is 14.3 Å². The van der Waals surface area contributed by atoms with Gasteiger partial charge in [-0.25, -0.2) is 14.1 Å². The van der Waals surface area contributed by atoms with Crippen LogP contribution in [-0.2, 0) is 11.2 Å². The Balaban J connectivity index is 1.64. The molecule has 0 fully saturated rings. The van der Waals surface area contributed by atoms with E-state index >= 15 is 0 Å². The molecule has 3 aromatic rings. The Morgan fingerprint density at radius 3 is 2.67 bits per heavy atom. The maximum Gasteiger partial charge on any atom is 0.224 e. The highest BCUT2D eigenvalue weighted by atomic mass is 19.1. The zero-order valence-electron chi connectivity index (χ0n) is 17.1. The van der Waals surface area contributed by atoms with Gasteiger partial charge in [-0.05, 0) is 42.7 Å². The summed E-state index contributed by atoms with van der Waals surface area (Å²) in [5.41, 5.74) is 0.853. The summed E-state index contributed by atoms with van der Waals surface area (Å²) in [6.45, 7) is 6.46. The molecule has 0 aliphatic rings. The van der Waals surface area contributed by atoms with Crippen LogP contribution in [0, 0.1) is 11.7 Å². The van der Waals surface area contributed by atoms with Gasteiger partial charge in [-0.15, -0.1) is 5.10 Å². The van der Waals surface area contributed by atoms with E-state index in [0.717, 1.165) is 11.6 Å². The van der Waals surface area contributed by atoms with Gasteiger partial charge in [-0.2, -0.15) is 0 Å². The minimum Gasteiger partial charge on any atom is -0.504 e. The van der Waals surface area contributed by atoms with Crippen molar-refractivity contribution >= 4 is 11.5 Å². The molecule has 1 atom stereocenters. The van der Waals surface area contributed by atoms with Crippen molar-refractivity contribution in [2.75, 3.05) is 6.61 Å². The average molecular weight is 413 g/mol. The van der Waals surface area contributed by atoms with Crippen LogP contribution in [0.2, 0.25) is 0 Å². The van der Waals surface area contributed by atoms with Crippen molar-refractivity contribution in [2.45, 2.75) is 33.4 Å². The molecule has 8 heteroatoms. The predicted molar refractivity (Wildman–Crippen MR) is 108 cm³/mol. The van der Waals surface area contributed by atoms with E-state index in [-0.39, 0.29) is 29.4 Å². The van der Waals surface area contributed by atoms with Crippen LogP contribution >= 0.6 is 0 Å². The Labute approximate surface area is 173 Å². The number of carbonyl (C=O) groups excluding carboxylic acids is 1. The van der Waals surface area contributed by atoms with Gasteiger partial charge in [0.15, 0.2) is 11.5 Å². The summed E-state index contributed by atoms with van der Waals surface area (Å²) in [5, 5.41) is 14.4. The molecular weight excluding hydrogens is 389 g/mol. The Hall–Kier alpha value is -3.26. The molecule has 30 heavy (non-hydrogen) atoms. The molecule has 0 aliphatic heterocycles. The summed E-state index contributed by atoms with van der Waals surface area (Å²) < 4.78 is 25.7. The Morgan fingerprint density at radius 2 is 1.97 bits per heavy atom. The first kappa shape index (κ1) is 21.4. The second-order valence-corrected chi connectivity index (χ2v) is 7.34. The van der Waals surface area contributed by atoms with E-state index in [1.165, 1.54) is 29.2 Å². The topological polar surface area (TPSA) is 90.4 Å². The number of benzene rings is 1. The van der Waals surface area contributed by atoms with Crippen LogP contribution < -0.4 is 0 Å². The molecule has 0 amide bonds. The smallest absolute Gasteiger partial charge is 0.224 e. The molecule has 1 unspecified atom stereocenters. The van der Waals surface area contributed by atoms with E-state index in [1.54, 1.807) is 18.2 Å². The first-order chi connectivity index (χ1) is 14.3. The number of aromatic nitrogens is 3. The number of ketones is 1. The fourth-order valence-electron chi connectivity index (χ4n) is 2.64. The van der Waals surface area contributed by atoms with Crippen molar-refractivity contribution in [3.8, 4) is 0 Å². The van der Waals surface area contributed by atoms with Crippen molar-refractivity contribution in [1.82, 2.24) is 14.8 Å². The lowest BCUT2D eigenvalue weighted by molar-refractivity contribution is -0.00664. The maximum absolute atomic E-state index is 13.0. The number of rotatable bonds is 9. The fraction of sp³-hybridized carbons (Fsp3) is 0.318. The van der Waals surface area contributed by atoms with E-state index < -0.39 is 5.78 Å². The van der Waals surface area contributed by atoms with Crippen LogP contribution in [0.15, 0.2) is 53.2 Å². The summed E-state index contributed by atoms with van der Waals surface area (Å²) in [6.07, 6.45) is 2.52. The van der Waals surface area contributed by atoms with Crippen molar-refractivity contribution < 1.29 is 23.4 Å². The van der Waals surface area contributed by atoms with Gasteiger partial charge in [0.05, 0.1) is 6.61 Å². The summed E-state index contributed by atoms with van der Waals surface area (Å²) in [6, 6.07) is 9.23. The Morgan fingerprint density at radius 1 is 1.23 bits per heavy atom. The van der Waals surface area contributed by atoms with Gasteiger partial charge in [-0.1, -0.05) is 26.0 Å². The molecule has 3 rings (SSSR count). The lowest BCUT2D eigenvalue weighted by atomic mass is 10.1. The van der Waals surface area contributed by atoms with Gasteiger partial charge in [0.2, 0.25) is 11.6 Å². The minimum absolute atomic E-state index is 0.0152. The molecule has 7 nitrogen and oxygen atoms in total. The highest BCUT2D eigenvalue weighted by Gasteiger charge is 2.15. The monoisotopic (exact) mass is 413 g/mol. The van der Waals surface area contributed by atoms with Crippen LogP contribution in [-0.4, -0.2) is 32.3 Å². The average Bonchev–Trinajstić information content (AvgIpc) is 3.38. The lowest BCUT2D eigenvalue weighted by Gasteiger charge is -2.14. The van der Waals surface area contributed by atoms with Crippen molar-refractivity contribution in [2.24, 2.45) is 5.92 Å². The number of furan rings is 1. The zero-order valence-corrected chi connectivity index (χ0v) is 17.1. The molecule has 0 aliphatic carbocycles. The molecule has 1 N–H and O–H groups in total. The SMILES string of the molecule is CC(C)COC(C)n1cnc(/C(O)=C\C(=O)c2ccc(Cc3ccc(F)cc3)o2)n1. The summed E-state index contributed by atoms with van der Waals surface area (Å²) in [7, 11) is 0. The zero-order chi connectivity index (χ0) is 21.7. The van der Waals surface area contributed by atoms with Crippen molar-refractivity contribution in [3.05, 3.63) is 77.5 Å². The molecule has 0 bridgehead atoms. The van der Waals surface area contributed by atoms with E-state index in [2.05, 4.69) is 10.1 Å². The molecule has 0 saturated carbocycles. The molecule has 2 heterocycles. The third kappa shape index (κ3) is 5.64. The Bertz CT molecular complexity index is 1020. The number of carbonyl (C=O) groups is 1. The molecule has 1 aromatic carbocycles. The van der Waals surface area contributed by atoms with E-state index in [4.69, 9.17) is 9.15 Å². The van der Waals surface area contributed by atoms with Gasteiger partial charge >= 0.3 is 0 Å². The van der Waals surface area contributed by atoms with Crippen LogP contribution in [0.3, 0.4) is 0 Å². The van der Waals surface area contributed by atoms with Crippen LogP contribution in [0.4, 0.5) is 4.39 Å². The van der Waals surface area contributed by atoms with Gasteiger partial charge in [-0.3, -0.25) is 4.79 Å². The molecule has 0 radical (unpaired) electrons. The molecule has 158 valence electrons. The van der Waals surface area contributed by atoms with Crippen LogP contribution in [0.25, 0.3) is 5.76 Å². The number of aliphatic hydroxyl groups excluding tert-OH is 1. The molecule has 0 saturated heterocycles. The molecule has 2 aromatic heterocycles. The number of halogens is 1. The third-order valence-electron chi connectivity index (χ3n) is 4.24. The first-order valence-electron chi connectivity index (χ1n) is 9.63. The summed E-state index contributed by atoms with van der Waals surface area (Å²) in [4.78, 5) is 16.4. The standard InChI is InChI=1S/C22H24FN3O4/c1-14(2)12-29-15(3)26-13-24-22(25-26)20(28)11-19(27)21-9-8-18(30-21)10-16-4-6-17(23)7-5-16/h4-9,11,13-15,28H,10,12H2,1-3H3/b20-11+. The molecule has 0 spiro atoms. The highest BCUT2D eigenvalue weighted by molar-refractivity contribution is 6.05. The highest BCUT2D eigenvalue weighted by Crippen LogP contribution is 2.17. The maximum atomic E-state index is 13.0. The van der Waals surface area contributed by atoms with Crippen molar-refractivity contribution in [3.63, 3.8) is 0 Å². The normalized spacial score (nSPS) is 13.0. The van der Waals surface area contributed by atoms with E-state index in [1.807, 2.05) is 20.8 Å². The number of nitrogens with zero attached hydrogens (tertiary/aromatic N) is 3. The molecular formula is C22H24FN3O4. The summed E-state index contributed by atoms with van der Waals surface area (Å²) in [5.74, 6) is -0.177. The number of aliphatic hydroxyl groups is 1. The Kier molecular flexibility index (Phi) is 6.79. The van der Waals surface area contributed by atoms with Crippen LogP contribution in [0.1, 0.15) is 54.7 Å². The summed E-state index contributed by atoms with van der Waals surface area (Å²) >= 11 is 0. The van der Waals surface area contributed by atoms with Crippen molar-refractivity contribution in [1.29, 1.82) is 0 Å². The minimum atomic E-state index is -0.515. The van der Waals surface area contributed by atoms with Gasteiger partial charge in [0, 0.05) is 12.5 Å². The van der Waals surface area contributed by atoms with E-state index in [0.29, 0.717) is 24.7 Å². The fourth-order valence-corrected chi connectivity index (χ4v) is 2.64. The number of ether oxygens (including phenoxy) is 1. The second kappa shape index (κ2) is 9.49. The number of allylic oxidation sites excluding steroid dienone is 1. The number of hydrogen-bond acceptors (Lipinski definition) is 6. The quantitative estimate of drug-likeness (QED) is 0.314. The first-order valence-corrected chi connectivity index (χ1v) is 9.63. The number of hydrogen-bond donors (Lipinski definition) is 1. The second-order valence-electron chi connectivity index (χ2n) is 7.34.